The Kier molecular flexibility index (Phi) is 5.72. The maximum absolute atomic E-state index is 11.6. The number of sulfonamides is 1. The van der Waals surface area contributed by atoms with E-state index in [1.54, 1.807) is 20.8 Å². The van der Waals surface area contributed by atoms with Crippen LogP contribution >= 0.6 is 0 Å². The molecule has 0 aliphatic heterocycles. The summed E-state index contributed by atoms with van der Waals surface area (Å²) in [7, 11) is -3.31. The van der Waals surface area contributed by atoms with Crippen molar-refractivity contribution >= 4 is 10.0 Å². The Morgan fingerprint density at radius 2 is 2.00 bits per heavy atom. The van der Waals surface area contributed by atoms with Crippen LogP contribution in [0.4, 0.5) is 0 Å². The largest absolute Gasteiger partial charge is 0.381 e. The van der Waals surface area contributed by atoms with E-state index >= 15 is 0 Å². The molecule has 5 nitrogen and oxygen atoms in total. The van der Waals surface area contributed by atoms with Crippen molar-refractivity contribution in [2.45, 2.75) is 39.3 Å². The van der Waals surface area contributed by atoms with Crippen molar-refractivity contribution < 1.29 is 13.2 Å². The van der Waals surface area contributed by atoms with Crippen LogP contribution in [0, 0.1) is 0 Å². The van der Waals surface area contributed by atoms with E-state index in [0.717, 1.165) is 0 Å². The summed E-state index contributed by atoms with van der Waals surface area (Å²) < 4.78 is 30.7. The van der Waals surface area contributed by atoms with Gasteiger partial charge in [0.15, 0.2) is 0 Å². The minimum Gasteiger partial charge on any atom is -0.381 e. The second-order valence-electron chi connectivity index (χ2n) is 4.13. The Balaban J connectivity index is 4.26. The molecule has 0 radical (unpaired) electrons. The Morgan fingerprint density at radius 3 is 2.40 bits per heavy atom. The van der Waals surface area contributed by atoms with Gasteiger partial charge in [0.05, 0.1) is 12.4 Å². The molecule has 3 N–H and O–H groups in total. The molecule has 0 saturated heterocycles. The first-order valence-corrected chi connectivity index (χ1v) is 6.71. The van der Waals surface area contributed by atoms with Gasteiger partial charge in [-0.15, -0.1) is 0 Å². The zero-order valence-electron chi connectivity index (χ0n) is 9.91. The number of ether oxygens (including phenoxy) is 1. The minimum absolute atomic E-state index is 0.0308. The van der Waals surface area contributed by atoms with Crippen molar-refractivity contribution in [1.29, 1.82) is 0 Å². The highest BCUT2D eigenvalue weighted by Crippen LogP contribution is 2.08. The fourth-order valence-electron chi connectivity index (χ4n) is 0.858. The second kappa shape index (κ2) is 5.79. The molecule has 6 heteroatoms. The van der Waals surface area contributed by atoms with E-state index in [1.807, 2.05) is 6.92 Å². The van der Waals surface area contributed by atoms with Gasteiger partial charge in [-0.3, -0.25) is 0 Å². The summed E-state index contributed by atoms with van der Waals surface area (Å²) in [6.07, 6.45) is 0. The van der Waals surface area contributed by atoms with Gasteiger partial charge in [-0.2, -0.15) is 0 Å². The third kappa shape index (κ3) is 6.09. The lowest BCUT2D eigenvalue weighted by atomic mass is 9.99. The van der Waals surface area contributed by atoms with E-state index in [9.17, 15) is 8.42 Å². The van der Waals surface area contributed by atoms with Gasteiger partial charge in [0, 0.05) is 18.2 Å². The topological polar surface area (TPSA) is 81.4 Å². The van der Waals surface area contributed by atoms with Crippen molar-refractivity contribution in [3.63, 3.8) is 0 Å². The van der Waals surface area contributed by atoms with Crippen LogP contribution in [0.1, 0.15) is 27.7 Å². The molecule has 0 aliphatic rings. The van der Waals surface area contributed by atoms with E-state index in [1.165, 1.54) is 0 Å². The fourth-order valence-corrected chi connectivity index (χ4v) is 2.28. The molecule has 0 fully saturated rings. The average molecular weight is 238 g/mol. The van der Waals surface area contributed by atoms with Crippen LogP contribution in [0.3, 0.4) is 0 Å². The number of nitrogens with two attached hydrogens (primary N) is 1. The minimum atomic E-state index is -3.31. The van der Waals surface area contributed by atoms with Crippen LogP contribution in [0.15, 0.2) is 0 Å². The normalized spacial score (nSPS) is 15.3. The highest BCUT2D eigenvalue weighted by Gasteiger charge is 2.28. The standard InChI is InChI=1S/C9H22N2O3S/c1-5-14-6-7-15(12,13)11-9(3,4)8(2)10/h8,11H,5-7,10H2,1-4H3. The molecule has 92 valence electrons. The molecule has 0 bridgehead atoms. The molecular weight excluding hydrogens is 216 g/mol. The number of nitrogens with one attached hydrogen (secondary N) is 1. The summed E-state index contributed by atoms with van der Waals surface area (Å²) >= 11 is 0. The zero-order chi connectivity index (χ0) is 12.1. The molecule has 0 heterocycles. The van der Waals surface area contributed by atoms with Crippen LogP contribution in [0.5, 0.6) is 0 Å². The van der Waals surface area contributed by atoms with Gasteiger partial charge in [-0.05, 0) is 27.7 Å². The molecule has 1 unspecified atom stereocenters. The molecule has 15 heavy (non-hydrogen) atoms. The monoisotopic (exact) mass is 238 g/mol. The molecule has 1 atom stereocenters. The smallest absolute Gasteiger partial charge is 0.214 e. The predicted octanol–water partition coefficient (Wildman–Crippen LogP) is 0.0681. The van der Waals surface area contributed by atoms with Crippen LogP contribution in [0.25, 0.3) is 0 Å². The van der Waals surface area contributed by atoms with E-state index in [4.69, 9.17) is 10.5 Å². The molecule has 0 amide bonds. The lowest BCUT2D eigenvalue weighted by Gasteiger charge is -2.29. The summed E-state index contributed by atoms with van der Waals surface area (Å²) in [6.45, 7) is 7.84. The van der Waals surface area contributed by atoms with E-state index < -0.39 is 15.6 Å². The molecule has 0 aromatic rings. The molecule has 0 aliphatic carbocycles. The van der Waals surface area contributed by atoms with Gasteiger partial charge < -0.3 is 10.5 Å². The third-order valence-electron chi connectivity index (χ3n) is 2.26. The van der Waals surface area contributed by atoms with Crippen LogP contribution < -0.4 is 10.5 Å². The van der Waals surface area contributed by atoms with E-state index in [2.05, 4.69) is 4.72 Å². The number of hydrogen-bond donors (Lipinski definition) is 2. The molecule has 0 saturated carbocycles. The first kappa shape index (κ1) is 14.8. The maximum Gasteiger partial charge on any atom is 0.214 e. The summed E-state index contributed by atoms with van der Waals surface area (Å²) in [5, 5.41) is 0. The van der Waals surface area contributed by atoms with Gasteiger partial charge in [-0.1, -0.05) is 0 Å². The summed E-state index contributed by atoms with van der Waals surface area (Å²) in [4.78, 5) is 0. The van der Waals surface area contributed by atoms with E-state index in [-0.39, 0.29) is 18.4 Å². The van der Waals surface area contributed by atoms with Crippen molar-refractivity contribution in [2.24, 2.45) is 5.73 Å². The van der Waals surface area contributed by atoms with Crippen molar-refractivity contribution in [3.05, 3.63) is 0 Å². The lowest BCUT2D eigenvalue weighted by Crippen LogP contribution is -2.55. The van der Waals surface area contributed by atoms with Crippen LogP contribution in [-0.2, 0) is 14.8 Å². The van der Waals surface area contributed by atoms with Gasteiger partial charge in [0.1, 0.15) is 0 Å². The quantitative estimate of drug-likeness (QED) is 0.615. The van der Waals surface area contributed by atoms with Gasteiger partial charge in [0.25, 0.3) is 0 Å². The SMILES string of the molecule is CCOCCS(=O)(=O)NC(C)(C)C(C)N. The average Bonchev–Trinajstić information content (AvgIpc) is 2.01. The van der Waals surface area contributed by atoms with E-state index in [0.29, 0.717) is 6.61 Å². The summed E-state index contributed by atoms with van der Waals surface area (Å²) in [5.41, 5.74) is 5.04. The lowest BCUT2D eigenvalue weighted by molar-refractivity contribution is 0.163. The Labute approximate surface area is 92.4 Å². The molecule has 0 aromatic carbocycles. The van der Waals surface area contributed by atoms with Crippen molar-refractivity contribution in [2.75, 3.05) is 19.0 Å². The summed E-state index contributed by atoms with van der Waals surface area (Å²) in [5.74, 6) is -0.0308. The second-order valence-corrected chi connectivity index (χ2v) is 5.97. The van der Waals surface area contributed by atoms with Gasteiger partial charge in [-0.25, -0.2) is 13.1 Å². The van der Waals surface area contributed by atoms with Crippen LogP contribution in [-0.4, -0.2) is 39.0 Å². The highest BCUT2D eigenvalue weighted by molar-refractivity contribution is 7.89. The number of rotatable bonds is 7. The van der Waals surface area contributed by atoms with Crippen LogP contribution in [0.2, 0.25) is 0 Å². The van der Waals surface area contributed by atoms with Crippen molar-refractivity contribution in [3.8, 4) is 0 Å². The zero-order valence-corrected chi connectivity index (χ0v) is 10.7. The van der Waals surface area contributed by atoms with Gasteiger partial charge >= 0.3 is 0 Å². The van der Waals surface area contributed by atoms with Crippen molar-refractivity contribution in [1.82, 2.24) is 4.72 Å². The molecule has 0 aromatic heterocycles. The molecule has 0 spiro atoms. The first-order chi connectivity index (χ1) is 6.71. The Bertz CT molecular complexity index is 273. The molecule has 0 rings (SSSR count). The third-order valence-corrected chi connectivity index (χ3v) is 3.80. The van der Waals surface area contributed by atoms with Gasteiger partial charge in [0.2, 0.25) is 10.0 Å². The first-order valence-electron chi connectivity index (χ1n) is 5.06. The predicted molar refractivity (Wildman–Crippen MR) is 61.1 cm³/mol. The maximum atomic E-state index is 11.6. The summed E-state index contributed by atoms with van der Waals surface area (Å²) in [6, 6.07) is -0.251. The highest BCUT2D eigenvalue weighted by atomic mass is 32.2. The Morgan fingerprint density at radius 1 is 1.47 bits per heavy atom. The number of hydrogen-bond acceptors (Lipinski definition) is 4. The Hall–Kier alpha value is -0.170. The fraction of sp³-hybridized carbons (Fsp3) is 1.00. The molecular formula is C9H22N2O3S.